The van der Waals surface area contributed by atoms with E-state index in [2.05, 4.69) is 5.32 Å². The fourth-order valence-corrected chi connectivity index (χ4v) is 4.13. The molecule has 2 aromatic carbocycles. The van der Waals surface area contributed by atoms with Crippen LogP contribution in [0, 0.1) is 5.82 Å². The molecule has 0 aromatic heterocycles. The van der Waals surface area contributed by atoms with Crippen LogP contribution in [0.25, 0.3) is 0 Å². The summed E-state index contributed by atoms with van der Waals surface area (Å²) in [6.45, 7) is 4.51. The van der Waals surface area contributed by atoms with E-state index in [1.807, 2.05) is 37.3 Å². The minimum Gasteiger partial charge on any atom is -0.355 e. The van der Waals surface area contributed by atoms with Gasteiger partial charge in [0.25, 0.3) is 0 Å². The zero-order valence-electron chi connectivity index (χ0n) is 16.7. The average Bonchev–Trinajstić information content (AvgIpc) is 2.71. The van der Waals surface area contributed by atoms with E-state index in [0.29, 0.717) is 35.8 Å². The van der Waals surface area contributed by atoms with Gasteiger partial charge in [-0.15, -0.1) is 11.8 Å². The maximum atomic E-state index is 13.9. The first kappa shape index (κ1) is 23.2. The van der Waals surface area contributed by atoms with E-state index >= 15 is 0 Å². The number of rotatable bonds is 10. The summed E-state index contributed by atoms with van der Waals surface area (Å²) in [7, 11) is 0. The van der Waals surface area contributed by atoms with Gasteiger partial charge in [-0.3, -0.25) is 9.59 Å². The van der Waals surface area contributed by atoms with Crippen LogP contribution >= 0.6 is 23.4 Å². The first-order valence-electron chi connectivity index (χ1n) is 9.55. The number of nitrogens with zero attached hydrogens (tertiary/aromatic N) is 1. The second-order valence-electron chi connectivity index (χ2n) is 6.59. The molecule has 156 valence electrons. The number of hydrogen-bond acceptors (Lipinski definition) is 3. The van der Waals surface area contributed by atoms with Gasteiger partial charge in [-0.05, 0) is 38.0 Å². The van der Waals surface area contributed by atoms with Gasteiger partial charge in [-0.2, -0.15) is 0 Å². The Hall–Kier alpha value is -2.05. The first-order chi connectivity index (χ1) is 13.9. The summed E-state index contributed by atoms with van der Waals surface area (Å²) in [5, 5.41) is 3.12. The summed E-state index contributed by atoms with van der Waals surface area (Å²) >= 11 is 7.34. The molecule has 4 nitrogen and oxygen atoms in total. The van der Waals surface area contributed by atoms with Crippen LogP contribution in [0.4, 0.5) is 4.39 Å². The Morgan fingerprint density at radius 3 is 2.55 bits per heavy atom. The SMILES string of the molecule is CCNC(=O)[C@H](C)N(CCc1ccccc1)C(=O)CSCc1c(F)cccc1Cl. The Morgan fingerprint density at radius 2 is 1.90 bits per heavy atom. The summed E-state index contributed by atoms with van der Waals surface area (Å²) in [5.41, 5.74) is 1.48. The third-order valence-corrected chi connectivity index (χ3v) is 5.83. The molecule has 7 heteroatoms. The summed E-state index contributed by atoms with van der Waals surface area (Å²) in [6, 6.07) is 13.8. The predicted molar refractivity (Wildman–Crippen MR) is 118 cm³/mol. The third-order valence-electron chi connectivity index (χ3n) is 4.54. The molecule has 0 saturated carbocycles. The van der Waals surface area contributed by atoms with Crippen LogP contribution in [0.5, 0.6) is 0 Å². The van der Waals surface area contributed by atoms with Gasteiger partial charge < -0.3 is 10.2 Å². The van der Waals surface area contributed by atoms with Gasteiger partial charge in [-0.1, -0.05) is 48.0 Å². The number of carbonyl (C=O) groups excluding carboxylic acids is 2. The van der Waals surface area contributed by atoms with Crippen molar-refractivity contribution in [2.75, 3.05) is 18.8 Å². The second kappa shape index (κ2) is 11.8. The van der Waals surface area contributed by atoms with Crippen molar-refractivity contribution in [2.24, 2.45) is 0 Å². The van der Waals surface area contributed by atoms with E-state index < -0.39 is 6.04 Å². The van der Waals surface area contributed by atoms with E-state index in [0.717, 1.165) is 5.56 Å². The van der Waals surface area contributed by atoms with Gasteiger partial charge in [0.15, 0.2) is 0 Å². The fourth-order valence-electron chi connectivity index (χ4n) is 2.89. The number of amides is 2. The van der Waals surface area contributed by atoms with Crippen LogP contribution < -0.4 is 5.32 Å². The maximum Gasteiger partial charge on any atom is 0.242 e. The molecule has 1 atom stereocenters. The smallest absolute Gasteiger partial charge is 0.242 e. The van der Waals surface area contributed by atoms with E-state index in [-0.39, 0.29) is 23.4 Å². The van der Waals surface area contributed by atoms with Crippen LogP contribution in [-0.2, 0) is 21.8 Å². The number of benzene rings is 2. The van der Waals surface area contributed by atoms with Gasteiger partial charge in [-0.25, -0.2) is 4.39 Å². The zero-order valence-corrected chi connectivity index (χ0v) is 18.2. The highest BCUT2D eigenvalue weighted by Gasteiger charge is 2.25. The molecule has 0 heterocycles. The van der Waals surface area contributed by atoms with Crippen molar-refractivity contribution < 1.29 is 14.0 Å². The predicted octanol–water partition coefficient (Wildman–Crippen LogP) is 4.31. The van der Waals surface area contributed by atoms with E-state index in [1.54, 1.807) is 24.0 Å². The van der Waals surface area contributed by atoms with Crippen molar-refractivity contribution in [1.82, 2.24) is 10.2 Å². The molecule has 0 radical (unpaired) electrons. The summed E-state index contributed by atoms with van der Waals surface area (Å²) in [5.74, 6) is -0.287. The average molecular weight is 437 g/mol. The Labute approximate surface area is 180 Å². The van der Waals surface area contributed by atoms with Crippen LogP contribution in [0.15, 0.2) is 48.5 Å². The van der Waals surface area contributed by atoms with Crippen LogP contribution in [0.2, 0.25) is 5.02 Å². The monoisotopic (exact) mass is 436 g/mol. The Morgan fingerprint density at radius 1 is 1.17 bits per heavy atom. The molecule has 0 fully saturated rings. The number of hydrogen-bond donors (Lipinski definition) is 1. The molecule has 0 spiro atoms. The molecule has 0 aliphatic heterocycles. The molecular formula is C22H26ClFN2O2S. The molecule has 0 saturated heterocycles. The van der Waals surface area contributed by atoms with Gasteiger partial charge in [0, 0.05) is 29.4 Å². The lowest BCUT2D eigenvalue weighted by Crippen LogP contribution is -2.49. The molecule has 2 rings (SSSR count). The summed E-state index contributed by atoms with van der Waals surface area (Å²) in [6.07, 6.45) is 0.653. The van der Waals surface area contributed by atoms with Crippen LogP contribution in [0.1, 0.15) is 25.0 Å². The summed E-state index contributed by atoms with van der Waals surface area (Å²) in [4.78, 5) is 26.8. The quantitative estimate of drug-likeness (QED) is 0.603. The van der Waals surface area contributed by atoms with Crippen molar-refractivity contribution in [1.29, 1.82) is 0 Å². The van der Waals surface area contributed by atoms with Crippen molar-refractivity contribution in [3.63, 3.8) is 0 Å². The lowest BCUT2D eigenvalue weighted by Gasteiger charge is -2.28. The molecular weight excluding hydrogens is 411 g/mol. The van der Waals surface area contributed by atoms with Gasteiger partial charge in [0.05, 0.1) is 5.75 Å². The normalized spacial score (nSPS) is 11.7. The molecule has 1 N–H and O–H groups in total. The molecule has 0 bridgehead atoms. The molecule has 2 amide bonds. The van der Waals surface area contributed by atoms with Gasteiger partial charge >= 0.3 is 0 Å². The van der Waals surface area contributed by atoms with E-state index in [9.17, 15) is 14.0 Å². The Balaban J connectivity index is 2.01. The maximum absolute atomic E-state index is 13.9. The highest BCUT2D eigenvalue weighted by molar-refractivity contribution is 7.99. The van der Waals surface area contributed by atoms with Crippen molar-refractivity contribution in [2.45, 2.75) is 32.1 Å². The lowest BCUT2D eigenvalue weighted by atomic mass is 10.1. The van der Waals surface area contributed by atoms with Crippen LogP contribution in [-0.4, -0.2) is 41.6 Å². The molecule has 29 heavy (non-hydrogen) atoms. The minimum atomic E-state index is -0.580. The lowest BCUT2D eigenvalue weighted by molar-refractivity contribution is -0.137. The number of likely N-dealkylation sites (N-methyl/N-ethyl adjacent to an activating group) is 1. The number of thioether (sulfide) groups is 1. The number of halogens is 2. The highest BCUT2D eigenvalue weighted by Crippen LogP contribution is 2.24. The van der Waals surface area contributed by atoms with Crippen molar-refractivity contribution >= 4 is 35.2 Å². The molecule has 0 aliphatic carbocycles. The third kappa shape index (κ3) is 7.05. The van der Waals surface area contributed by atoms with E-state index in [4.69, 9.17) is 11.6 Å². The van der Waals surface area contributed by atoms with Crippen molar-refractivity contribution in [3.05, 3.63) is 70.5 Å². The summed E-state index contributed by atoms with van der Waals surface area (Å²) < 4.78 is 13.9. The largest absolute Gasteiger partial charge is 0.355 e. The van der Waals surface area contributed by atoms with Gasteiger partial charge in [0.2, 0.25) is 11.8 Å². The first-order valence-corrected chi connectivity index (χ1v) is 11.1. The van der Waals surface area contributed by atoms with E-state index in [1.165, 1.54) is 17.8 Å². The Kier molecular flexibility index (Phi) is 9.48. The Bertz CT molecular complexity index is 799. The minimum absolute atomic E-state index is 0.142. The molecule has 2 aromatic rings. The topological polar surface area (TPSA) is 49.4 Å². The standard InChI is InChI=1S/C22H26ClFN2O2S/c1-3-25-22(28)16(2)26(13-12-17-8-5-4-6-9-17)21(27)15-29-14-18-19(23)10-7-11-20(18)24/h4-11,16H,3,12-15H2,1-2H3,(H,25,28)/t16-/m0/s1. The number of nitrogens with one attached hydrogen (secondary N) is 1. The van der Waals surface area contributed by atoms with Gasteiger partial charge in [0.1, 0.15) is 11.9 Å². The highest BCUT2D eigenvalue weighted by atomic mass is 35.5. The van der Waals surface area contributed by atoms with Crippen LogP contribution in [0.3, 0.4) is 0 Å². The number of carbonyl (C=O) groups is 2. The second-order valence-corrected chi connectivity index (χ2v) is 7.98. The zero-order chi connectivity index (χ0) is 21.2. The molecule has 0 unspecified atom stereocenters. The van der Waals surface area contributed by atoms with Crippen molar-refractivity contribution in [3.8, 4) is 0 Å². The fraction of sp³-hybridized carbons (Fsp3) is 0.364. The molecule has 0 aliphatic rings.